The molecule has 0 aliphatic carbocycles. The molecule has 8 heteroatoms. The number of rotatable bonds is 6. The highest BCUT2D eigenvalue weighted by atomic mass is 19.2. The van der Waals surface area contributed by atoms with E-state index in [1.165, 1.54) is 0 Å². The summed E-state index contributed by atoms with van der Waals surface area (Å²) in [6.45, 7) is -0.431. The number of amides is 1. The molecule has 6 nitrogen and oxygen atoms in total. The predicted octanol–water partition coefficient (Wildman–Crippen LogP) is 1.99. The second-order valence-corrected chi connectivity index (χ2v) is 5.26. The summed E-state index contributed by atoms with van der Waals surface area (Å²) < 4.78 is 31.9. The Balaban J connectivity index is 1.86. The summed E-state index contributed by atoms with van der Waals surface area (Å²) in [6.07, 6.45) is -4.25. The van der Waals surface area contributed by atoms with Crippen molar-refractivity contribution in [1.82, 2.24) is 5.32 Å². The van der Waals surface area contributed by atoms with Gasteiger partial charge in [0.25, 0.3) is 0 Å². The molecule has 25 heavy (non-hydrogen) atoms. The van der Waals surface area contributed by atoms with Gasteiger partial charge in [0.15, 0.2) is 11.6 Å². The molecule has 0 saturated carbocycles. The lowest BCUT2D eigenvalue weighted by atomic mass is 10.0. The number of hydrogen-bond donors (Lipinski definition) is 4. The number of aliphatic hydroxyl groups is 2. The molecule has 0 radical (unpaired) electrons. The first-order valence-electron chi connectivity index (χ1n) is 7.37. The van der Waals surface area contributed by atoms with E-state index in [4.69, 9.17) is 9.84 Å². The standard InChI is InChI=1S/C17H17F2NO5/c18-14-11(6-7-12(21)15(14)19)16(23)13(22)8-20-17(24)25-9-10-4-2-1-3-5-10/h1-7,13,16,21-23H,8-9H2,(H,20,24). The molecule has 2 aromatic carbocycles. The van der Waals surface area contributed by atoms with Crippen molar-refractivity contribution >= 4 is 6.09 Å². The van der Waals surface area contributed by atoms with Crippen LogP contribution in [0.4, 0.5) is 13.6 Å². The monoisotopic (exact) mass is 353 g/mol. The molecule has 4 N–H and O–H groups in total. The lowest BCUT2D eigenvalue weighted by molar-refractivity contribution is 0.0160. The van der Waals surface area contributed by atoms with Crippen LogP contribution in [0.1, 0.15) is 17.2 Å². The third kappa shape index (κ3) is 4.88. The minimum Gasteiger partial charge on any atom is -0.505 e. The fourth-order valence-electron chi connectivity index (χ4n) is 2.06. The van der Waals surface area contributed by atoms with Crippen LogP contribution in [0.15, 0.2) is 42.5 Å². The molecule has 0 bridgehead atoms. The molecule has 2 aromatic rings. The number of alkyl carbamates (subject to hydrolysis) is 1. The molecule has 0 spiro atoms. The number of ether oxygens (including phenoxy) is 1. The zero-order valence-corrected chi connectivity index (χ0v) is 13.0. The zero-order chi connectivity index (χ0) is 18.4. The van der Waals surface area contributed by atoms with Crippen LogP contribution in [0.2, 0.25) is 0 Å². The van der Waals surface area contributed by atoms with Gasteiger partial charge in [-0.2, -0.15) is 4.39 Å². The van der Waals surface area contributed by atoms with Crippen molar-refractivity contribution in [3.05, 3.63) is 65.2 Å². The first kappa shape index (κ1) is 18.6. The first-order chi connectivity index (χ1) is 11.9. The van der Waals surface area contributed by atoms with Crippen molar-refractivity contribution in [2.75, 3.05) is 6.54 Å². The van der Waals surface area contributed by atoms with Crippen LogP contribution < -0.4 is 5.32 Å². The van der Waals surface area contributed by atoms with Crippen LogP contribution in [-0.2, 0) is 11.3 Å². The Labute approximate surface area is 142 Å². The Kier molecular flexibility index (Phi) is 6.26. The van der Waals surface area contributed by atoms with E-state index >= 15 is 0 Å². The van der Waals surface area contributed by atoms with Crippen LogP contribution >= 0.6 is 0 Å². The molecule has 0 heterocycles. The van der Waals surface area contributed by atoms with Crippen LogP contribution in [0.5, 0.6) is 5.75 Å². The van der Waals surface area contributed by atoms with E-state index in [-0.39, 0.29) is 6.61 Å². The smallest absolute Gasteiger partial charge is 0.407 e. The summed E-state index contributed by atoms with van der Waals surface area (Å²) in [5, 5.41) is 30.9. The maximum atomic E-state index is 13.7. The summed E-state index contributed by atoms with van der Waals surface area (Å²) in [5.74, 6) is -3.91. The van der Waals surface area contributed by atoms with Crippen LogP contribution in [-0.4, -0.2) is 34.1 Å². The minimum atomic E-state index is -1.80. The third-order valence-corrected chi connectivity index (χ3v) is 3.44. The number of carbonyl (C=O) groups is 1. The SMILES string of the molecule is O=C(NCC(O)C(O)c1ccc(O)c(F)c1F)OCc1ccccc1. The Morgan fingerprint density at radius 1 is 1.08 bits per heavy atom. The van der Waals surface area contributed by atoms with Crippen molar-refractivity contribution in [3.63, 3.8) is 0 Å². The number of aliphatic hydroxyl groups excluding tert-OH is 2. The van der Waals surface area contributed by atoms with Crippen molar-refractivity contribution in [2.24, 2.45) is 0 Å². The van der Waals surface area contributed by atoms with E-state index in [0.29, 0.717) is 0 Å². The highest BCUT2D eigenvalue weighted by Crippen LogP contribution is 2.27. The Bertz CT molecular complexity index is 726. The highest BCUT2D eigenvalue weighted by molar-refractivity contribution is 5.67. The van der Waals surface area contributed by atoms with Gasteiger partial charge in [0.2, 0.25) is 5.82 Å². The van der Waals surface area contributed by atoms with Crippen molar-refractivity contribution in [1.29, 1.82) is 0 Å². The van der Waals surface area contributed by atoms with E-state index < -0.39 is 47.8 Å². The summed E-state index contributed by atoms with van der Waals surface area (Å²) in [4.78, 5) is 11.6. The van der Waals surface area contributed by atoms with E-state index in [0.717, 1.165) is 17.7 Å². The number of phenolic OH excluding ortho intramolecular Hbond substituents is 1. The molecule has 2 rings (SSSR count). The summed E-state index contributed by atoms with van der Waals surface area (Å²) in [6, 6.07) is 10.7. The van der Waals surface area contributed by atoms with Gasteiger partial charge >= 0.3 is 6.09 Å². The normalized spacial score (nSPS) is 13.1. The molecule has 0 aliphatic rings. The fraction of sp³-hybridized carbons (Fsp3) is 0.235. The maximum Gasteiger partial charge on any atom is 0.407 e. The number of carbonyl (C=O) groups excluding carboxylic acids is 1. The second-order valence-electron chi connectivity index (χ2n) is 5.26. The van der Waals surface area contributed by atoms with E-state index in [2.05, 4.69) is 5.32 Å². The number of halogens is 2. The van der Waals surface area contributed by atoms with Crippen molar-refractivity contribution in [3.8, 4) is 5.75 Å². The molecule has 0 saturated heterocycles. The molecule has 0 fully saturated rings. The molecule has 0 aromatic heterocycles. The molecular formula is C17H17F2NO5. The third-order valence-electron chi connectivity index (χ3n) is 3.44. The van der Waals surface area contributed by atoms with E-state index in [1.807, 2.05) is 6.07 Å². The lowest BCUT2D eigenvalue weighted by Gasteiger charge is -2.19. The average Bonchev–Trinajstić information content (AvgIpc) is 2.63. The number of phenols is 1. The van der Waals surface area contributed by atoms with Crippen molar-refractivity contribution in [2.45, 2.75) is 18.8 Å². The summed E-state index contributed by atoms with van der Waals surface area (Å²) >= 11 is 0. The molecule has 0 aliphatic heterocycles. The molecule has 134 valence electrons. The quantitative estimate of drug-likeness (QED) is 0.637. The molecule has 2 atom stereocenters. The van der Waals surface area contributed by atoms with Gasteiger partial charge in [-0.25, -0.2) is 9.18 Å². The zero-order valence-electron chi connectivity index (χ0n) is 13.0. The maximum absolute atomic E-state index is 13.7. The lowest BCUT2D eigenvalue weighted by Crippen LogP contribution is -2.36. The Morgan fingerprint density at radius 2 is 1.76 bits per heavy atom. The molecular weight excluding hydrogens is 336 g/mol. The summed E-state index contributed by atoms with van der Waals surface area (Å²) in [5.41, 5.74) is 0.224. The van der Waals surface area contributed by atoms with Gasteiger partial charge in [0.05, 0.1) is 0 Å². The molecule has 1 amide bonds. The Hall–Kier alpha value is -2.71. The predicted molar refractivity (Wildman–Crippen MR) is 83.6 cm³/mol. The second kappa shape index (κ2) is 8.41. The minimum absolute atomic E-state index is 0.0170. The van der Waals surface area contributed by atoms with Gasteiger partial charge in [-0.1, -0.05) is 30.3 Å². The van der Waals surface area contributed by atoms with Gasteiger partial charge in [-0.15, -0.1) is 0 Å². The Morgan fingerprint density at radius 3 is 2.44 bits per heavy atom. The highest BCUT2D eigenvalue weighted by Gasteiger charge is 2.25. The van der Waals surface area contributed by atoms with Gasteiger partial charge in [-0.3, -0.25) is 0 Å². The van der Waals surface area contributed by atoms with Crippen LogP contribution in [0.3, 0.4) is 0 Å². The largest absolute Gasteiger partial charge is 0.505 e. The van der Waals surface area contributed by atoms with E-state index in [9.17, 15) is 23.8 Å². The van der Waals surface area contributed by atoms with E-state index in [1.54, 1.807) is 24.3 Å². The fourth-order valence-corrected chi connectivity index (χ4v) is 2.06. The summed E-state index contributed by atoms with van der Waals surface area (Å²) in [7, 11) is 0. The van der Waals surface area contributed by atoms with Gasteiger partial charge in [0, 0.05) is 12.1 Å². The topological polar surface area (TPSA) is 99.0 Å². The van der Waals surface area contributed by atoms with Crippen molar-refractivity contribution < 1.29 is 33.6 Å². The number of hydrogen-bond acceptors (Lipinski definition) is 5. The average molecular weight is 353 g/mol. The van der Waals surface area contributed by atoms with Gasteiger partial charge in [0.1, 0.15) is 18.8 Å². The number of aromatic hydroxyl groups is 1. The van der Waals surface area contributed by atoms with Crippen LogP contribution in [0.25, 0.3) is 0 Å². The van der Waals surface area contributed by atoms with Crippen LogP contribution in [0, 0.1) is 11.6 Å². The van der Waals surface area contributed by atoms with Gasteiger partial charge < -0.3 is 25.4 Å². The molecule has 2 unspecified atom stereocenters. The number of benzene rings is 2. The van der Waals surface area contributed by atoms with Gasteiger partial charge in [-0.05, 0) is 17.7 Å². The number of nitrogens with one attached hydrogen (secondary N) is 1. The first-order valence-corrected chi connectivity index (χ1v) is 7.37.